The van der Waals surface area contributed by atoms with Crippen LogP contribution in [-0.2, 0) is 12.8 Å². The van der Waals surface area contributed by atoms with Crippen LogP contribution < -0.4 is 0 Å². The molecule has 2 heteroatoms. The minimum atomic E-state index is 0.295. The first-order valence-corrected chi connectivity index (χ1v) is 9.12. The van der Waals surface area contributed by atoms with Crippen LogP contribution in [0.5, 0.6) is 0 Å². The number of fused-ring (bicyclic) bond motifs is 1. The first kappa shape index (κ1) is 14.3. The maximum atomic E-state index is 12.8. The highest BCUT2D eigenvalue weighted by molar-refractivity contribution is 7.14. The van der Waals surface area contributed by atoms with Gasteiger partial charge >= 0.3 is 0 Å². The summed E-state index contributed by atoms with van der Waals surface area (Å²) in [4.78, 5) is 15.3. The molecule has 0 bridgehead atoms. The molecular weight excluding hydrogens is 264 g/mol. The maximum Gasteiger partial charge on any atom is 0.175 e. The van der Waals surface area contributed by atoms with Gasteiger partial charge in [-0.2, -0.15) is 0 Å². The molecule has 1 heterocycles. The molecule has 2 aliphatic rings. The summed E-state index contributed by atoms with van der Waals surface area (Å²) >= 11 is 1.80. The van der Waals surface area contributed by atoms with E-state index >= 15 is 0 Å². The Bertz CT molecular complexity index is 464. The summed E-state index contributed by atoms with van der Waals surface area (Å²) in [6.07, 6.45) is 9.78. The molecule has 0 aliphatic heterocycles. The van der Waals surface area contributed by atoms with Gasteiger partial charge in [-0.25, -0.2) is 0 Å². The average Bonchev–Trinajstić information content (AvgIpc) is 2.72. The van der Waals surface area contributed by atoms with E-state index in [4.69, 9.17) is 0 Å². The van der Waals surface area contributed by atoms with Gasteiger partial charge in [0.2, 0.25) is 0 Å². The molecule has 2 aliphatic carbocycles. The minimum absolute atomic E-state index is 0.295. The van der Waals surface area contributed by atoms with Crippen LogP contribution in [0.3, 0.4) is 0 Å². The first-order chi connectivity index (χ1) is 9.65. The molecule has 1 nitrogen and oxygen atoms in total. The molecule has 1 aromatic heterocycles. The van der Waals surface area contributed by atoms with Crippen molar-refractivity contribution in [1.29, 1.82) is 0 Å². The number of aryl methyl sites for hydroxylation is 2. The number of hydrogen-bond donors (Lipinski definition) is 0. The fourth-order valence-corrected chi connectivity index (χ4v) is 5.05. The van der Waals surface area contributed by atoms with Crippen molar-refractivity contribution in [2.45, 2.75) is 65.2 Å². The molecule has 0 saturated heterocycles. The van der Waals surface area contributed by atoms with Gasteiger partial charge in [0, 0.05) is 10.8 Å². The highest BCUT2D eigenvalue weighted by atomic mass is 32.1. The number of hydrogen-bond acceptors (Lipinski definition) is 2. The monoisotopic (exact) mass is 290 g/mol. The highest BCUT2D eigenvalue weighted by Gasteiger charge is 2.30. The van der Waals surface area contributed by atoms with Gasteiger partial charge in [0.15, 0.2) is 5.78 Å². The molecule has 0 spiro atoms. The Kier molecular flexibility index (Phi) is 4.30. The molecule has 0 aromatic carbocycles. The summed E-state index contributed by atoms with van der Waals surface area (Å²) in [7, 11) is 0. The predicted molar refractivity (Wildman–Crippen MR) is 85.6 cm³/mol. The Hall–Kier alpha value is -0.630. The van der Waals surface area contributed by atoms with Crippen LogP contribution in [0.4, 0.5) is 0 Å². The molecule has 0 N–H and O–H groups in total. The van der Waals surface area contributed by atoms with Gasteiger partial charge in [0.1, 0.15) is 0 Å². The van der Waals surface area contributed by atoms with Crippen LogP contribution in [0, 0.1) is 17.8 Å². The van der Waals surface area contributed by atoms with Gasteiger partial charge in [0.05, 0.1) is 4.88 Å². The van der Waals surface area contributed by atoms with Crippen LogP contribution in [-0.4, -0.2) is 5.78 Å². The molecule has 110 valence electrons. The number of carbonyl (C=O) groups excluding carboxylic acids is 1. The first-order valence-electron chi connectivity index (χ1n) is 8.31. The van der Waals surface area contributed by atoms with Crippen molar-refractivity contribution >= 4 is 17.1 Å². The van der Waals surface area contributed by atoms with Gasteiger partial charge in [-0.05, 0) is 68.4 Å². The maximum absolute atomic E-state index is 12.8. The molecule has 1 fully saturated rings. The molecule has 0 radical (unpaired) electrons. The lowest BCUT2D eigenvalue weighted by Gasteiger charge is -2.30. The minimum Gasteiger partial charge on any atom is -0.293 e. The average molecular weight is 290 g/mol. The molecule has 3 rings (SSSR count). The van der Waals surface area contributed by atoms with E-state index in [1.54, 1.807) is 11.3 Å². The second-order valence-electron chi connectivity index (χ2n) is 6.95. The Morgan fingerprint density at radius 3 is 2.70 bits per heavy atom. The fraction of sp³-hybridized carbons (Fsp3) is 0.722. The predicted octanol–water partition coefficient (Wildman–Crippen LogP) is 5.27. The SMILES string of the molecule is CC1CCC(C(=O)c2cc3c(s2)CCCCC3)CC1C. The Labute approximate surface area is 126 Å². The van der Waals surface area contributed by atoms with Crippen LogP contribution >= 0.6 is 11.3 Å². The molecule has 1 aromatic rings. The largest absolute Gasteiger partial charge is 0.293 e. The van der Waals surface area contributed by atoms with E-state index in [0.717, 1.165) is 23.6 Å². The van der Waals surface area contributed by atoms with E-state index in [2.05, 4.69) is 19.9 Å². The Morgan fingerprint density at radius 1 is 1.10 bits per heavy atom. The highest BCUT2D eigenvalue weighted by Crippen LogP contribution is 2.37. The van der Waals surface area contributed by atoms with E-state index in [1.807, 2.05) is 0 Å². The standard InChI is InChI=1S/C18H26OS/c1-12-8-9-15(10-13(12)2)18(19)17-11-14-6-4-3-5-7-16(14)20-17/h11-13,15H,3-10H2,1-2H3. The molecule has 20 heavy (non-hydrogen) atoms. The van der Waals surface area contributed by atoms with Crippen LogP contribution in [0.15, 0.2) is 6.07 Å². The normalized spacial score (nSPS) is 30.6. The summed E-state index contributed by atoms with van der Waals surface area (Å²) in [5.74, 6) is 2.24. The van der Waals surface area contributed by atoms with Crippen molar-refractivity contribution in [3.63, 3.8) is 0 Å². The van der Waals surface area contributed by atoms with Crippen LogP contribution in [0.25, 0.3) is 0 Å². The number of ketones is 1. The number of carbonyl (C=O) groups is 1. The van der Waals surface area contributed by atoms with E-state index in [1.165, 1.54) is 49.0 Å². The van der Waals surface area contributed by atoms with Gasteiger partial charge < -0.3 is 0 Å². The molecule has 1 saturated carbocycles. The summed E-state index contributed by atoms with van der Waals surface area (Å²) in [5, 5.41) is 0. The second-order valence-corrected chi connectivity index (χ2v) is 8.09. The fourth-order valence-electron chi connectivity index (χ4n) is 3.78. The zero-order valence-corrected chi connectivity index (χ0v) is 13.6. The van der Waals surface area contributed by atoms with Gasteiger partial charge in [-0.15, -0.1) is 11.3 Å². The van der Waals surface area contributed by atoms with Crippen LogP contribution in [0.2, 0.25) is 0 Å². The van der Waals surface area contributed by atoms with Gasteiger partial charge in [-0.3, -0.25) is 4.79 Å². The lowest BCUT2D eigenvalue weighted by atomic mass is 9.74. The molecule has 3 unspecified atom stereocenters. The Morgan fingerprint density at radius 2 is 1.90 bits per heavy atom. The quantitative estimate of drug-likeness (QED) is 0.535. The van der Waals surface area contributed by atoms with Gasteiger partial charge in [-0.1, -0.05) is 20.3 Å². The van der Waals surface area contributed by atoms with Gasteiger partial charge in [0.25, 0.3) is 0 Å². The van der Waals surface area contributed by atoms with E-state index in [0.29, 0.717) is 17.6 Å². The zero-order valence-electron chi connectivity index (χ0n) is 12.8. The topological polar surface area (TPSA) is 17.1 Å². The van der Waals surface area contributed by atoms with Crippen LogP contribution in [0.1, 0.15) is 72.5 Å². The zero-order chi connectivity index (χ0) is 14.1. The second kappa shape index (κ2) is 6.01. The third kappa shape index (κ3) is 2.86. The summed E-state index contributed by atoms with van der Waals surface area (Å²) in [6.45, 7) is 4.65. The van der Waals surface area contributed by atoms with Crippen molar-refractivity contribution < 1.29 is 4.79 Å². The summed E-state index contributed by atoms with van der Waals surface area (Å²) in [5.41, 5.74) is 1.48. The number of rotatable bonds is 2. The smallest absolute Gasteiger partial charge is 0.175 e. The third-order valence-corrected chi connectivity index (χ3v) is 6.71. The summed E-state index contributed by atoms with van der Waals surface area (Å²) < 4.78 is 0. The summed E-state index contributed by atoms with van der Waals surface area (Å²) in [6, 6.07) is 2.23. The molecular formula is C18H26OS. The molecule has 3 atom stereocenters. The van der Waals surface area contributed by atoms with E-state index in [9.17, 15) is 4.79 Å². The number of Topliss-reactive ketones (excluding diaryl/α,β-unsaturated/α-hetero) is 1. The van der Waals surface area contributed by atoms with Crippen molar-refractivity contribution in [2.75, 3.05) is 0 Å². The van der Waals surface area contributed by atoms with Crippen molar-refractivity contribution in [2.24, 2.45) is 17.8 Å². The van der Waals surface area contributed by atoms with Crippen molar-refractivity contribution in [3.05, 3.63) is 21.4 Å². The molecule has 0 amide bonds. The van der Waals surface area contributed by atoms with Crippen molar-refractivity contribution in [3.8, 4) is 0 Å². The van der Waals surface area contributed by atoms with Crippen molar-refractivity contribution in [1.82, 2.24) is 0 Å². The number of thiophene rings is 1. The third-order valence-electron chi connectivity index (χ3n) is 5.46. The Balaban J connectivity index is 1.74. The van der Waals surface area contributed by atoms with E-state index in [-0.39, 0.29) is 0 Å². The lowest BCUT2D eigenvalue weighted by Crippen LogP contribution is -2.26. The van der Waals surface area contributed by atoms with E-state index < -0.39 is 0 Å². The lowest BCUT2D eigenvalue weighted by molar-refractivity contribution is 0.0842.